The van der Waals surface area contributed by atoms with Gasteiger partial charge in [0.05, 0.1) is 12.5 Å². The highest BCUT2D eigenvalue weighted by molar-refractivity contribution is 7.10. The Morgan fingerprint density at radius 1 is 1.08 bits per heavy atom. The highest BCUT2D eigenvalue weighted by Gasteiger charge is 2.18. The summed E-state index contributed by atoms with van der Waals surface area (Å²) >= 11 is 1.60. The van der Waals surface area contributed by atoms with Crippen molar-refractivity contribution in [3.8, 4) is 0 Å². The average molecular weight is 353 g/mol. The van der Waals surface area contributed by atoms with Crippen LogP contribution in [0.25, 0.3) is 0 Å². The average Bonchev–Trinajstić information content (AvgIpc) is 3.16. The van der Waals surface area contributed by atoms with Crippen LogP contribution in [0.3, 0.4) is 0 Å². The molecule has 0 aliphatic rings. The summed E-state index contributed by atoms with van der Waals surface area (Å²) in [7, 11) is 0. The zero-order valence-electron chi connectivity index (χ0n) is 14.0. The van der Waals surface area contributed by atoms with Gasteiger partial charge in [0, 0.05) is 4.88 Å². The number of aryl methyl sites for hydroxylation is 1. The summed E-state index contributed by atoms with van der Waals surface area (Å²) < 4.78 is 13.8. The second kappa shape index (κ2) is 8.08. The predicted octanol–water partition coefficient (Wildman–Crippen LogP) is 4.90. The summed E-state index contributed by atoms with van der Waals surface area (Å²) in [6.07, 6.45) is 1.01. The molecule has 1 N–H and O–H groups in total. The maximum Gasteiger partial charge on any atom is 0.225 e. The molecule has 0 aliphatic carbocycles. The number of hydrogen-bond donors (Lipinski definition) is 1. The quantitative estimate of drug-likeness (QED) is 0.671. The first-order valence-corrected chi connectivity index (χ1v) is 9.20. The monoisotopic (exact) mass is 353 g/mol. The first-order chi connectivity index (χ1) is 12.2. The topological polar surface area (TPSA) is 29.1 Å². The fourth-order valence-electron chi connectivity index (χ4n) is 2.75. The van der Waals surface area contributed by atoms with Gasteiger partial charge in [-0.3, -0.25) is 4.79 Å². The minimum absolute atomic E-state index is 0.0294. The Morgan fingerprint density at radius 3 is 2.48 bits per heavy atom. The van der Waals surface area contributed by atoms with E-state index in [1.54, 1.807) is 29.5 Å². The van der Waals surface area contributed by atoms with E-state index < -0.39 is 0 Å². The number of halogens is 1. The zero-order valence-corrected chi connectivity index (χ0v) is 14.9. The lowest BCUT2D eigenvalue weighted by Crippen LogP contribution is -2.30. The molecule has 0 fully saturated rings. The Bertz CT molecular complexity index is 827. The van der Waals surface area contributed by atoms with Crippen LogP contribution in [0.4, 0.5) is 4.39 Å². The largest absolute Gasteiger partial charge is 0.344 e. The van der Waals surface area contributed by atoms with Gasteiger partial charge >= 0.3 is 0 Å². The minimum Gasteiger partial charge on any atom is -0.344 e. The normalized spacial score (nSPS) is 11.9. The lowest BCUT2D eigenvalue weighted by molar-refractivity contribution is -0.121. The Morgan fingerprint density at radius 2 is 1.84 bits per heavy atom. The van der Waals surface area contributed by atoms with E-state index >= 15 is 0 Å². The predicted molar refractivity (Wildman–Crippen MR) is 100 cm³/mol. The van der Waals surface area contributed by atoms with E-state index in [4.69, 9.17) is 0 Å². The second-order valence-electron chi connectivity index (χ2n) is 5.88. The van der Waals surface area contributed by atoms with Crippen LogP contribution in [0.1, 0.15) is 34.5 Å². The molecule has 1 amide bonds. The first kappa shape index (κ1) is 17.4. The number of thiophene rings is 1. The van der Waals surface area contributed by atoms with Crippen molar-refractivity contribution in [2.45, 2.75) is 25.8 Å². The van der Waals surface area contributed by atoms with Gasteiger partial charge < -0.3 is 5.32 Å². The Labute approximate surface area is 151 Å². The van der Waals surface area contributed by atoms with Crippen molar-refractivity contribution in [3.63, 3.8) is 0 Å². The van der Waals surface area contributed by atoms with Crippen LogP contribution in [0.5, 0.6) is 0 Å². The highest BCUT2D eigenvalue weighted by Crippen LogP contribution is 2.26. The van der Waals surface area contributed by atoms with Crippen molar-refractivity contribution in [2.24, 2.45) is 0 Å². The van der Waals surface area contributed by atoms with Crippen LogP contribution in [-0.4, -0.2) is 5.91 Å². The van der Waals surface area contributed by atoms with Gasteiger partial charge in [-0.1, -0.05) is 55.5 Å². The molecule has 0 bridgehead atoms. The molecule has 0 spiro atoms. The minimum atomic E-state index is -0.349. The van der Waals surface area contributed by atoms with Crippen molar-refractivity contribution in [3.05, 3.63) is 93.4 Å². The summed E-state index contributed by atoms with van der Waals surface area (Å²) in [4.78, 5) is 13.6. The molecule has 2 nitrogen and oxygen atoms in total. The summed E-state index contributed by atoms with van der Waals surface area (Å²) in [6.45, 7) is 2.11. The van der Waals surface area contributed by atoms with E-state index in [-0.39, 0.29) is 24.2 Å². The van der Waals surface area contributed by atoms with Crippen molar-refractivity contribution >= 4 is 17.2 Å². The van der Waals surface area contributed by atoms with Crippen molar-refractivity contribution in [2.75, 3.05) is 0 Å². The van der Waals surface area contributed by atoms with Gasteiger partial charge in [-0.2, -0.15) is 0 Å². The van der Waals surface area contributed by atoms with Crippen molar-refractivity contribution in [1.29, 1.82) is 0 Å². The number of nitrogens with one attached hydrogen (secondary N) is 1. The molecule has 0 saturated heterocycles. The van der Waals surface area contributed by atoms with Crippen LogP contribution in [0, 0.1) is 5.82 Å². The lowest BCUT2D eigenvalue weighted by atomic mass is 10.0. The molecule has 4 heteroatoms. The van der Waals surface area contributed by atoms with Crippen LogP contribution in [0.15, 0.2) is 66.0 Å². The highest BCUT2D eigenvalue weighted by atomic mass is 32.1. The molecular weight excluding hydrogens is 333 g/mol. The third-order valence-corrected chi connectivity index (χ3v) is 5.10. The molecule has 1 aromatic heterocycles. The summed E-state index contributed by atoms with van der Waals surface area (Å²) in [6, 6.07) is 18.4. The summed E-state index contributed by atoms with van der Waals surface area (Å²) in [5.41, 5.74) is 2.69. The molecule has 1 heterocycles. The molecule has 3 aromatic rings. The summed E-state index contributed by atoms with van der Waals surface area (Å²) in [5.74, 6) is -0.541. The van der Waals surface area contributed by atoms with E-state index in [9.17, 15) is 9.18 Å². The van der Waals surface area contributed by atoms with E-state index in [1.807, 2.05) is 29.6 Å². The van der Waals surface area contributed by atoms with Crippen molar-refractivity contribution in [1.82, 2.24) is 5.32 Å². The number of hydrogen-bond acceptors (Lipinski definition) is 2. The fraction of sp³-hybridized carbons (Fsp3) is 0.190. The Kier molecular flexibility index (Phi) is 5.61. The molecule has 1 atom stereocenters. The SMILES string of the molecule is CCc1ccc([C@@H](NC(=O)Cc2ccccc2F)c2cccs2)cc1. The van der Waals surface area contributed by atoms with Gasteiger partial charge in [-0.25, -0.2) is 4.39 Å². The molecule has 2 aromatic carbocycles. The van der Waals surface area contributed by atoms with E-state index in [0.717, 1.165) is 16.9 Å². The Balaban J connectivity index is 1.80. The molecule has 128 valence electrons. The fourth-order valence-corrected chi connectivity index (χ4v) is 3.55. The third-order valence-electron chi connectivity index (χ3n) is 4.16. The van der Waals surface area contributed by atoms with Crippen LogP contribution >= 0.6 is 11.3 Å². The number of rotatable bonds is 6. The molecule has 0 aliphatic heterocycles. The van der Waals surface area contributed by atoms with E-state index in [1.165, 1.54) is 11.6 Å². The number of benzene rings is 2. The standard InChI is InChI=1S/C21H20FNOS/c1-2-15-9-11-16(12-10-15)21(19-8-5-13-25-19)23-20(24)14-17-6-3-4-7-18(17)22/h3-13,21H,2,14H2,1H3,(H,23,24)/t21-/m1/s1. The van der Waals surface area contributed by atoms with Gasteiger partial charge in [0.15, 0.2) is 0 Å². The van der Waals surface area contributed by atoms with Gasteiger partial charge in [0.1, 0.15) is 5.82 Å². The maximum atomic E-state index is 13.8. The van der Waals surface area contributed by atoms with Crippen LogP contribution < -0.4 is 5.32 Å². The van der Waals surface area contributed by atoms with Crippen LogP contribution in [-0.2, 0) is 17.6 Å². The van der Waals surface area contributed by atoms with Crippen molar-refractivity contribution < 1.29 is 9.18 Å². The smallest absolute Gasteiger partial charge is 0.225 e. The number of amides is 1. The molecule has 0 unspecified atom stereocenters. The van der Waals surface area contributed by atoms with Gasteiger partial charge in [-0.15, -0.1) is 11.3 Å². The van der Waals surface area contributed by atoms with E-state index in [0.29, 0.717) is 5.56 Å². The first-order valence-electron chi connectivity index (χ1n) is 8.32. The molecule has 25 heavy (non-hydrogen) atoms. The second-order valence-corrected chi connectivity index (χ2v) is 6.86. The number of carbonyl (C=O) groups excluding carboxylic acids is 1. The molecule has 3 rings (SSSR count). The zero-order chi connectivity index (χ0) is 17.6. The molecular formula is C21H20FNOS. The lowest BCUT2D eigenvalue weighted by Gasteiger charge is -2.19. The summed E-state index contributed by atoms with van der Waals surface area (Å²) in [5, 5.41) is 5.05. The number of carbonyl (C=O) groups is 1. The maximum absolute atomic E-state index is 13.8. The van der Waals surface area contributed by atoms with Gasteiger partial charge in [0.25, 0.3) is 0 Å². The Hall–Kier alpha value is -2.46. The molecule has 0 radical (unpaired) electrons. The van der Waals surface area contributed by atoms with Crippen LogP contribution in [0.2, 0.25) is 0 Å². The van der Waals surface area contributed by atoms with Gasteiger partial charge in [0.2, 0.25) is 5.91 Å². The third kappa shape index (κ3) is 4.34. The van der Waals surface area contributed by atoms with E-state index in [2.05, 4.69) is 24.4 Å². The molecule has 0 saturated carbocycles. The van der Waals surface area contributed by atoms with Gasteiger partial charge in [-0.05, 0) is 40.6 Å².